The van der Waals surface area contributed by atoms with E-state index in [2.05, 4.69) is 65.8 Å². The number of hydrogen-bond donors (Lipinski definition) is 0. The average Bonchev–Trinajstić information content (AvgIpc) is 3.26. The van der Waals surface area contributed by atoms with Crippen molar-refractivity contribution in [1.29, 1.82) is 0 Å². The van der Waals surface area contributed by atoms with Crippen LogP contribution in [-0.2, 0) is 0 Å². The van der Waals surface area contributed by atoms with Crippen LogP contribution in [0.2, 0.25) is 0 Å². The van der Waals surface area contributed by atoms with Crippen molar-refractivity contribution in [3.8, 4) is 0 Å². The van der Waals surface area contributed by atoms with Crippen molar-refractivity contribution in [3.05, 3.63) is 24.3 Å². The highest BCUT2D eigenvalue weighted by Crippen LogP contribution is 2.66. The van der Waals surface area contributed by atoms with E-state index < -0.39 is 0 Å². The summed E-state index contributed by atoms with van der Waals surface area (Å²) < 4.78 is 0. The fourth-order valence-electron chi connectivity index (χ4n) is 5.02. The highest BCUT2D eigenvalue weighted by molar-refractivity contribution is 5.26. The third-order valence-corrected chi connectivity index (χ3v) is 7.05. The van der Waals surface area contributed by atoms with Gasteiger partial charge in [0.25, 0.3) is 0 Å². The maximum absolute atomic E-state index is 2.47. The Kier molecular flexibility index (Phi) is 3.23. The van der Waals surface area contributed by atoms with E-state index in [9.17, 15) is 0 Å². The molecule has 0 amide bonds. The normalized spacial score (nSPS) is 50.0. The Hall–Kier alpha value is -0.520. The van der Waals surface area contributed by atoms with Crippen molar-refractivity contribution in [2.24, 2.45) is 46.3 Å². The van der Waals surface area contributed by atoms with E-state index in [0.717, 1.165) is 35.5 Å². The van der Waals surface area contributed by atoms with Gasteiger partial charge in [-0.25, -0.2) is 0 Å². The largest absolute Gasteiger partial charge is 0.0848 e. The summed E-state index contributed by atoms with van der Waals surface area (Å²) in [5, 5.41) is 0. The summed E-state index contributed by atoms with van der Waals surface area (Å²) in [7, 11) is 0. The van der Waals surface area contributed by atoms with Crippen LogP contribution in [0.15, 0.2) is 24.3 Å². The molecule has 0 spiro atoms. The maximum atomic E-state index is 2.47. The molecule has 0 heteroatoms. The van der Waals surface area contributed by atoms with Crippen LogP contribution in [0.3, 0.4) is 0 Å². The van der Waals surface area contributed by atoms with E-state index in [1.54, 1.807) is 0 Å². The Balaban J connectivity index is 0.000000121. The summed E-state index contributed by atoms with van der Waals surface area (Å²) in [6, 6.07) is 0. The van der Waals surface area contributed by atoms with Gasteiger partial charge in [-0.2, -0.15) is 0 Å². The van der Waals surface area contributed by atoms with Gasteiger partial charge >= 0.3 is 0 Å². The van der Waals surface area contributed by atoms with E-state index in [1.165, 1.54) is 12.8 Å². The zero-order valence-corrected chi connectivity index (χ0v) is 14.2. The SMILES string of the molecule is CC1C=CC2(C(C)C)CC12.CC1C=CC2(C(C)C)CC12. The second kappa shape index (κ2) is 4.49. The van der Waals surface area contributed by atoms with Crippen molar-refractivity contribution in [3.63, 3.8) is 0 Å². The molecule has 0 bridgehead atoms. The molecule has 2 saturated carbocycles. The first-order valence-corrected chi connectivity index (χ1v) is 8.72. The average molecular weight is 272 g/mol. The van der Waals surface area contributed by atoms with E-state index in [-0.39, 0.29) is 0 Å². The van der Waals surface area contributed by atoms with E-state index in [0.29, 0.717) is 10.8 Å². The molecule has 20 heavy (non-hydrogen) atoms. The quantitative estimate of drug-likeness (QED) is 0.565. The molecule has 2 fully saturated rings. The summed E-state index contributed by atoms with van der Waals surface area (Å²) in [4.78, 5) is 0. The molecule has 0 aromatic heterocycles. The lowest BCUT2D eigenvalue weighted by Gasteiger charge is -2.13. The smallest absolute Gasteiger partial charge is 0.00579 e. The Morgan fingerprint density at radius 2 is 1.10 bits per heavy atom. The van der Waals surface area contributed by atoms with Crippen LogP contribution in [-0.4, -0.2) is 0 Å². The standard InChI is InChI=1S/2C10H16/c2*1-7(2)10-5-4-8(3)9(10)6-10/h2*4-5,7-9H,6H2,1-3H3. The van der Waals surface area contributed by atoms with Crippen LogP contribution in [0, 0.1) is 46.3 Å². The highest BCUT2D eigenvalue weighted by Gasteiger charge is 2.59. The lowest BCUT2D eigenvalue weighted by atomic mass is 9.91. The fourth-order valence-corrected chi connectivity index (χ4v) is 5.02. The third-order valence-electron chi connectivity index (χ3n) is 7.05. The summed E-state index contributed by atoms with van der Waals surface area (Å²) in [6.45, 7) is 14.1. The molecule has 0 N–H and O–H groups in total. The van der Waals surface area contributed by atoms with Gasteiger partial charge in [0, 0.05) is 0 Å². The summed E-state index contributed by atoms with van der Waals surface area (Å²) >= 11 is 0. The number of fused-ring (bicyclic) bond motifs is 2. The van der Waals surface area contributed by atoms with Gasteiger partial charge in [-0.05, 0) is 59.2 Å². The summed E-state index contributed by atoms with van der Waals surface area (Å²) in [6.07, 6.45) is 12.6. The molecular formula is C20H32. The van der Waals surface area contributed by atoms with Crippen LogP contribution in [0.1, 0.15) is 54.4 Å². The molecule has 6 atom stereocenters. The molecule has 0 nitrogen and oxygen atoms in total. The van der Waals surface area contributed by atoms with Crippen LogP contribution in [0.5, 0.6) is 0 Å². The lowest BCUT2D eigenvalue weighted by Crippen LogP contribution is -2.06. The second-order valence-corrected chi connectivity index (χ2v) is 8.59. The van der Waals surface area contributed by atoms with Crippen molar-refractivity contribution in [1.82, 2.24) is 0 Å². The van der Waals surface area contributed by atoms with Crippen LogP contribution < -0.4 is 0 Å². The Labute approximate surface area is 125 Å². The van der Waals surface area contributed by atoms with Crippen molar-refractivity contribution >= 4 is 0 Å². The third kappa shape index (κ3) is 1.94. The van der Waals surface area contributed by atoms with Crippen LogP contribution >= 0.6 is 0 Å². The first-order valence-electron chi connectivity index (χ1n) is 8.72. The van der Waals surface area contributed by atoms with Gasteiger partial charge in [0.1, 0.15) is 0 Å². The van der Waals surface area contributed by atoms with Gasteiger partial charge in [0.15, 0.2) is 0 Å². The number of allylic oxidation sites excluding steroid dienone is 4. The van der Waals surface area contributed by atoms with Crippen molar-refractivity contribution in [2.75, 3.05) is 0 Å². The second-order valence-electron chi connectivity index (χ2n) is 8.59. The minimum atomic E-state index is 0.652. The molecule has 0 radical (unpaired) electrons. The molecule has 0 aromatic carbocycles. The first-order chi connectivity index (χ1) is 9.33. The molecular weight excluding hydrogens is 240 g/mol. The monoisotopic (exact) mass is 272 g/mol. The molecule has 4 rings (SSSR count). The van der Waals surface area contributed by atoms with E-state index in [4.69, 9.17) is 0 Å². The Morgan fingerprint density at radius 3 is 1.20 bits per heavy atom. The van der Waals surface area contributed by atoms with Gasteiger partial charge in [0.05, 0.1) is 0 Å². The van der Waals surface area contributed by atoms with E-state index >= 15 is 0 Å². The molecule has 4 aliphatic rings. The van der Waals surface area contributed by atoms with Gasteiger partial charge in [0.2, 0.25) is 0 Å². The summed E-state index contributed by atoms with van der Waals surface area (Å²) in [5.74, 6) is 5.46. The lowest BCUT2D eigenvalue weighted by molar-refractivity contribution is 0.401. The van der Waals surface area contributed by atoms with E-state index in [1.807, 2.05) is 0 Å². The number of rotatable bonds is 2. The minimum absolute atomic E-state index is 0.652. The van der Waals surface area contributed by atoms with Gasteiger partial charge in [-0.15, -0.1) is 0 Å². The Morgan fingerprint density at radius 1 is 0.750 bits per heavy atom. The molecule has 6 unspecified atom stereocenters. The van der Waals surface area contributed by atoms with Crippen molar-refractivity contribution < 1.29 is 0 Å². The zero-order valence-electron chi connectivity index (χ0n) is 14.2. The minimum Gasteiger partial charge on any atom is -0.0848 e. The number of hydrogen-bond acceptors (Lipinski definition) is 0. The Bertz CT molecular complexity index is 399. The molecule has 0 aromatic rings. The van der Waals surface area contributed by atoms with Crippen molar-refractivity contribution in [2.45, 2.75) is 54.4 Å². The predicted molar refractivity (Wildman–Crippen MR) is 87.4 cm³/mol. The molecule has 112 valence electrons. The molecule has 0 saturated heterocycles. The molecule has 4 aliphatic carbocycles. The van der Waals surface area contributed by atoms with Crippen LogP contribution in [0.25, 0.3) is 0 Å². The van der Waals surface area contributed by atoms with Crippen LogP contribution in [0.4, 0.5) is 0 Å². The maximum Gasteiger partial charge on any atom is -0.00579 e. The molecule has 0 heterocycles. The topological polar surface area (TPSA) is 0 Å². The predicted octanol–water partition coefficient (Wildman–Crippen LogP) is 5.71. The van der Waals surface area contributed by atoms with Gasteiger partial charge < -0.3 is 0 Å². The summed E-state index contributed by atoms with van der Waals surface area (Å²) in [5.41, 5.74) is 1.30. The fraction of sp³-hybridized carbons (Fsp3) is 0.800. The van der Waals surface area contributed by atoms with Gasteiger partial charge in [-0.1, -0.05) is 65.8 Å². The zero-order chi connectivity index (χ0) is 14.7. The molecule has 0 aliphatic heterocycles. The highest BCUT2D eigenvalue weighted by atomic mass is 14.6. The first kappa shape index (κ1) is 14.4. The van der Waals surface area contributed by atoms with Gasteiger partial charge in [-0.3, -0.25) is 0 Å².